The van der Waals surface area contributed by atoms with Crippen LogP contribution in [0.25, 0.3) is 11.0 Å². The fourth-order valence-corrected chi connectivity index (χ4v) is 2.66. The Morgan fingerprint density at radius 2 is 2.24 bits per heavy atom. The second-order valence-electron chi connectivity index (χ2n) is 4.17. The lowest BCUT2D eigenvalue weighted by Crippen LogP contribution is -2.11. The number of aromatic amines is 1. The molecule has 0 unspecified atom stereocenters. The highest BCUT2D eigenvalue weighted by Crippen LogP contribution is 2.29. The molecule has 2 aromatic rings. The first-order chi connectivity index (χ1) is 10.2. The lowest BCUT2D eigenvalue weighted by molar-refractivity contribution is 0.186. The zero-order chi connectivity index (χ0) is 15.2. The highest BCUT2D eigenvalue weighted by molar-refractivity contribution is 8.03. The van der Waals surface area contributed by atoms with E-state index in [0.29, 0.717) is 5.95 Å². The number of ether oxygens (including phenoxy) is 1. The van der Waals surface area contributed by atoms with Gasteiger partial charge in [-0.1, -0.05) is 30.0 Å². The minimum atomic E-state index is -0.548. The summed E-state index contributed by atoms with van der Waals surface area (Å²) in [6, 6.07) is 5.92. The van der Waals surface area contributed by atoms with Crippen LogP contribution >= 0.6 is 11.8 Å². The minimum absolute atomic E-state index is 0.374. The van der Waals surface area contributed by atoms with Gasteiger partial charge in [0.2, 0.25) is 5.95 Å². The lowest BCUT2D eigenvalue weighted by atomic mass is 10.3. The molecule has 1 aromatic carbocycles. The molecule has 0 aliphatic heterocycles. The number of hydrogen-bond donors (Lipinski definition) is 2. The third-order valence-electron chi connectivity index (χ3n) is 2.71. The number of amides is 1. The number of methoxy groups -OCH3 is 1. The monoisotopic (exact) mass is 303 g/mol. The number of carbonyl (C=O) groups excluding carboxylic acids is 1. The van der Waals surface area contributed by atoms with Gasteiger partial charge in [0.05, 0.1) is 18.1 Å². The van der Waals surface area contributed by atoms with Crippen LogP contribution in [0, 0.1) is 0 Å². The molecule has 0 saturated carbocycles. The van der Waals surface area contributed by atoms with Gasteiger partial charge in [-0.05, 0) is 32.0 Å². The first-order valence-electron chi connectivity index (χ1n) is 6.48. The average Bonchev–Trinajstić information content (AvgIpc) is 2.87. The molecule has 0 aliphatic carbocycles. The van der Waals surface area contributed by atoms with Crippen molar-refractivity contribution in [3.05, 3.63) is 41.3 Å². The summed E-state index contributed by atoms with van der Waals surface area (Å²) in [6.45, 7) is 4.00. The van der Waals surface area contributed by atoms with E-state index in [-0.39, 0.29) is 0 Å². The van der Waals surface area contributed by atoms with Crippen LogP contribution in [0.3, 0.4) is 0 Å². The van der Waals surface area contributed by atoms with Gasteiger partial charge in [-0.2, -0.15) is 0 Å². The maximum absolute atomic E-state index is 11.2. The molecule has 1 amide bonds. The Bertz CT molecular complexity index is 704. The molecule has 1 aromatic heterocycles. The van der Waals surface area contributed by atoms with E-state index in [4.69, 9.17) is 0 Å². The number of nitrogens with zero attached hydrogens (tertiary/aromatic N) is 1. The second-order valence-corrected chi connectivity index (χ2v) is 5.32. The van der Waals surface area contributed by atoms with Crippen LogP contribution in [-0.2, 0) is 4.74 Å². The van der Waals surface area contributed by atoms with E-state index in [1.165, 1.54) is 12.0 Å². The highest BCUT2D eigenvalue weighted by atomic mass is 32.2. The molecule has 2 rings (SSSR count). The van der Waals surface area contributed by atoms with Crippen molar-refractivity contribution < 1.29 is 9.53 Å². The van der Waals surface area contributed by atoms with Gasteiger partial charge in [0.1, 0.15) is 0 Å². The number of hydrogen-bond acceptors (Lipinski definition) is 4. The van der Waals surface area contributed by atoms with Gasteiger partial charge in [0.15, 0.2) is 0 Å². The third-order valence-corrected chi connectivity index (χ3v) is 3.81. The van der Waals surface area contributed by atoms with E-state index < -0.39 is 6.09 Å². The summed E-state index contributed by atoms with van der Waals surface area (Å²) in [6.07, 6.45) is 5.58. The summed E-state index contributed by atoms with van der Waals surface area (Å²) in [5.74, 6) is 0.374. The van der Waals surface area contributed by atoms with Gasteiger partial charge in [-0.3, -0.25) is 5.32 Å². The topological polar surface area (TPSA) is 67.0 Å². The number of carbonyl (C=O) groups is 1. The zero-order valence-corrected chi connectivity index (χ0v) is 13.0. The molecule has 0 radical (unpaired) electrons. The number of H-pyrrole nitrogens is 1. The number of aromatic nitrogens is 2. The number of benzene rings is 1. The van der Waals surface area contributed by atoms with Gasteiger partial charge in [0.25, 0.3) is 0 Å². The fraction of sp³-hybridized carbons (Fsp3) is 0.200. The summed E-state index contributed by atoms with van der Waals surface area (Å²) in [4.78, 5) is 20.8. The van der Waals surface area contributed by atoms with Crippen molar-refractivity contribution in [2.24, 2.45) is 0 Å². The smallest absolute Gasteiger partial charge is 0.413 e. The van der Waals surface area contributed by atoms with Gasteiger partial charge >= 0.3 is 6.09 Å². The van der Waals surface area contributed by atoms with Crippen LogP contribution in [0.4, 0.5) is 10.7 Å². The molecule has 2 N–H and O–H groups in total. The Labute approximate surface area is 127 Å². The number of rotatable bonds is 4. The Balaban J connectivity index is 2.23. The Morgan fingerprint density at radius 1 is 1.43 bits per heavy atom. The largest absolute Gasteiger partial charge is 0.453 e. The molecule has 21 heavy (non-hydrogen) atoms. The standard InChI is InChI=1S/C15H17N3O2S/c1-4-6-10(5-2)21-11-7-8-12-13(9-11)17-14(16-12)18-15(19)20-3/h4-9H,1-3H3,(H2,16,17,18,19)/b6-4-,10-5+. The maximum Gasteiger partial charge on any atom is 0.413 e. The Hall–Kier alpha value is -2.21. The van der Waals surface area contributed by atoms with Crippen LogP contribution in [-0.4, -0.2) is 23.2 Å². The lowest BCUT2D eigenvalue weighted by Gasteiger charge is -2.01. The molecule has 1 heterocycles. The maximum atomic E-state index is 11.2. The van der Waals surface area contributed by atoms with Crippen LogP contribution in [0.2, 0.25) is 0 Å². The van der Waals surface area contributed by atoms with E-state index in [2.05, 4.69) is 32.2 Å². The molecule has 0 spiro atoms. The molecule has 0 atom stereocenters. The van der Waals surface area contributed by atoms with E-state index in [9.17, 15) is 4.79 Å². The zero-order valence-electron chi connectivity index (χ0n) is 12.1. The quantitative estimate of drug-likeness (QED) is 0.652. The Kier molecular flexibility index (Phi) is 5.05. The van der Waals surface area contributed by atoms with Gasteiger partial charge in [-0.25, -0.2) is 9.78 Å². The molecule has 0 bridgehead atoms. The molecular weight excluding hydrogens is 286 g/mol. The van der Waals surface area contributed by atoms with Crippen LogP contribution in [0.1, 0.15) is 13.8 Å². The fourth-order valence-electron chi connectivity index (χ4n) is 1.75. The molecule has 0 saturated heterocycles. The summed E-state index contributed by atoms with van der Waals surface area (Å²) in [5, 5.41) is 2.52. The summed E-state index contributed by atoms with van der Waals surface area (Å²) >= 11 is 1.67. The van der Waals surface area contributed by atoms with Gasteiger partial charge in [-0.15, -0.1) is 0 Å². The van der Waals surface area contributed by atoms with Crippen molar-refractivity contribution in [3.63, 3.8) is 0 Å². The van der Waals surface area contributed by atoms with E-state index in [1.54, 1.807) is 11.8 Å². The number of thioether (sulfide) groups is 1. The first kappa shape index (κ1) is 15.2. The number of anilines is 1. The third kappa shape index (κ3) is 3.88. The average molecular weight is 303 g/mol. The van der Waals surface area contributed by atoms with Crippen molar-refractivity contribution >= 4 is 34.8 Å². The molecule has 0 aliphatic rings. The van der Waals surface area contributed by atoms with Crippen molar-refractivity contribution in [1.82, 2.24) is 9.97 Å². The molecule has 0 fully saturated rings. The first-order valence-corrected chi connectivity index (χ1v) is 7.29. The number of allylic oxidation sites excluding steroid dienone is 3. The predicted molar refractivity (Wildman–Crippen MR) is 86.5 cm³/mol. The normalized spacial score (nSPS) is 12.0. The molecule has 6 heteroatoms. The van der Waals surface area contributed by atoms with E-state index in [0.717, 1.165) is 15.9 Å². The molecule has 110 valence electrons. The summed E-state index contributed by atoms with van der Waals surface area (Å²) < 4.78 is 4.54. The van der Waals surface area contributed by atoms with Crippen LogP contribution in [0.15, 0.2) is 46.2 Å². The number of nitrogens with one attached hydrogen (secondary N) is 2. The number of fused-ring (bicyclic) bond motifs is 1. The minimum Gasteiger partial charge on any atom is -0.453 e. The van der Waals surface area contributed by atoms with Crippen LogP contribution in [0.5, 0.6) is 0 Å². The van der Waals surface area contributed by atoms with Gasteiger partial charge < -0.3 is 9.72 Å². The van der Waals surface area contributed by atoms with Crippen molar-refractivity contribution in [2.75, 3.05) is 12.4 Å². The van der Waals surface area contributed by atoms with Gasteiger partial charge in [0, 0.05) is 9.80 Å². The molecular formula is C15H17N3O2S. The molecule has 5 nitrogen and oxygen atoms in total. The highest BCUT2D eigenvalue weighted by Gasteiger charge is 2.07. The second kappa shape index (κ2) is 6.99. The summed E-state index contributed by atoms with van der Waals surface area (Å²) in [7, 11) is 1.31. The SMILES string of the molecule is C/C=C\C(=C/C)Sc1ccc2nc(NC(=O)OC)[nH]c2c1. The summed E-state index contributed by atoms with van der Waals surface area (Å²) in [5.41, 5.74) is 1.65. The Morgan fingerprint density at radius 3 is 2.90 bits per heavy atom. The van der Waals surface area contributed by atoms with E-state index in [1.807, 2.05) is 38.1 Å². The van der Waals surface area contributed by atoms with Crippen LogP contribution < -0.4 is 5.32 Å². The van der Waals surface area contributed by atoms with Crippen molar-refractivity contribution in [3.8, 4) is 0 Å². The predicted octanol–water partition coefficient (Wildman–Crippen LogP) is 4.31. The van der Waals surface area contributed by atoms with Crippen molar-refractivity contribution in [1.29, 1.82) is 0 Å². The van der Waals surface area contributed by atoms with E-state index >= 15 is 0 Å². The van der Waals surface area contributed by atoms with Crippen molar-refractivity contribution in [2.45, 2.75) is 18.7 Å². The number of imidazole rings is 1.